The highest BCUT2D eigenvalue weighted by Gasteiger charge is 2.16. The Morgan fingerprint density at radius 2 is 1.71 bits per heavy atom. The third-order valence-electron chi connectivity index (χ3n) is 5.34. The highest BCUT2D eigenvalue weighted by atomic mass is 32.2. The van der Waals surface area contributed by atoms with E-state index in [1.807, 2.05) is 24.3 Å². The topological polar surface area (TPSA) is 79.7 Å². The maximum absolute atomic E-state index is 13.4. The Labute approximate surface area is 201 Å². The Morgan fingerprint density at radius 1 is 0.912 bits per heavy atom. The first-order valence-electron chi connectivity index (χ1n) is 10.5. The minimum Gasteiger partial charge on any atom is -0.497 e. The summed E-state index contributed by atoms with van der Waals surface area (Å²) in [6.45, 7) is 0.271. The maximum atomic E-state index is 13.4. The van der Waals surface area contributed by atoms with Gasteiger partial charge in [0.05, 0.1) is 44.5 Å². The predicted molar refractivity (Wildman–Crippen MR) is 133 cm³/mol. The third kappa shape index (κ3) is 4.92. The van der Waals surface area contributed by atoms with Crippen LogP contribution >= 0.6 is 11.8 Å². The monoisotopic (exact) mass is 476 g/mol. The van der Waals surface area contributed by atoms with E-state index in [9.17, 15) is 9.59 Å². The Morgan fingerprint density at radius 3 is 2.47 bits per heavy atom. The predicted octanol–water partition coefficient (Wildman–Crippen LogP) is 4.45. The van der Waals surface area contributed by atoms with Gasteiger partial charge in [-0.1, -0.05) is 42.1 Å². The fourth-order valence-corrected chi connectivity index (χ4v) is 4.46. The van der Waals surface area contributed by atoms with Gasteiger partial charge in [-0.2, -0.15) is 0 Å². The number of hydrogen-bond acceptors (Lipinski definition) is 7. The van der Waals surface area contributed by atoms with Crippen LogP contribution < -0.4 is 19.8 Å². The van der Waals surface area contributed by atoms with Crippen LogP contribution in [0.1, 0.15) is 15.9 Å². The lowest BCUT2D eigenvalue weighted by atomic mass is 10.1. The van der Waals surface area contributed by atoms with Crippen molar-refractivity contribution in [2.75, 3.05) is 27.1 Å². The molecule has 0 amide bonds. The van der Waals surface area contributed by atoms with Crippen LogP contribution in [0.4, 0.5) is 0 Å². The summed E-state index contributed by atoms with van der Waals surface area (Å²) < 4.78 is 17.5. The SMILES string of the molecule is COc1cccc(C(=O)CSc2nc3ccccc3c(=O)n2Cc2ccc(OC)c(OC)c2)c1. The minimum absolute atomic E-state index is 0.0797. The van der Waals surface area contributed by atoms with Crippen molar-refractivity contribution in [2.24, 2.45) is 0 Å². The minimum atomic E-state index is -0.170. The summed E-state index contributed by atoms with van der Waals surface area (Å²) in [6, 6.07) is 19.7. The molecule has 0 fully saturated rings. The van der Waals surface area contributed by atoms with E-state index in [-0.39, 0.29) is 23.6 Å². The molecule has 3 aromatic carbocycles. The second-order valence-electron chi connectivity index (χ2n) is 7.44. The molecule has 4 aromatic rings. The molecular formula is C26H24N2O5S. The Bertz CT molecular complexity index is 1400. The number of Topliss-reactive ketones (excluding diaryl/α,β-unsaturated/α-hetero) is 1. The van der Waals surface area contributed by atoms with Gasteiger partial charge in [-0.05, 0) is 42.0 Å². The van der Waals surface area contributed by atoms with Crippen molar-refractivity contribution in [3.63, 3.8) is 0 Å². The molecule has 1 aromatic heterocycles. The first-order chi connectivity index (χ1) is 16.5. The fourth-order valence-electron chi connectivity index (χ4n) is 3.57. The highest BCUT2D eigenvalue weighted by molar-refractivity contribution is 7.99. The first-order valence-corrected chi connectivity index (χ1v) is 11.5. The standard InChI is InChI=1S/C26H24N2O5S/c1-31-19-8-6-7-18(14-19)22(29)16-34-26-27-21-10-5-4-9-20(21)25(30)28(26)15-17-11-12-23(32-2)24(13-17)33-3/h4-14H,15-16H2,1-3H3. The molecule has 34 heavy (non-hydrogen) atoms. The van der Waals surface area contributed by atoms with Crippen LogP contribution in [-0.4, -0.2) is 42.4 Å². The molecule has 0 aliphatic rings. The van der Waals surface area contributed by atoms with E-state index in [2.05, 4.69) is 0 Å². The summed E-state index contributed by atoms with van der Waals surface area (Å²) in [5.41, 5.74) is 1.81. The molecule has 4 rings (SSSR count). The number of hydrogen-bond donors (Lipinski definition) is 0. The molecule has 0 radical (unpaired) electrons. The lowest BCUT2D eigenvalue weighted by Gasteiger charge is -2.15. The number of para-hydroxylation sites is 1. The van der Waals surface area contributed by atoms with Gasteiger partial charge >= 0.3 is 0 Å². The molecule has 0 atom stereocenters. The van der Waals surface area contributed by atoms with Crippen LogP contribution in [0.15, 0.2) is 76.7 Å². The molecule has 0 saturated carbocycles. The normalized spacial score (nSPS) is 10.8. The number of thioether (sulfide) groups is 1. The van der Waals surface area contributed by atoms with Crippen molar-refractivity contribution in [3.8, 4) is 17.2 Å². The van der Waals surface area contributed by atoms with Crippen molar-refractivity contribution in [1.29, 1.82) is 0 Å². The average molecular weight is 477 g/mol. The Kier molecular flexibility index (Phi) is 7.18. The number of ketones is 1. The van der Waals surface area contributed by atoms with Gasteiger partial charge in [-0.3, -0.25) is 14.2 Å². The van der Waals surface area contributed by atoms with Gasteiger partial charge in [0.15, 0.2) is 22.4 Å². The molecule has 0 aliphatic carbocycles. The number of benzene rings is 3. The van der Waals surface area contributed by atoms with Crippen LogP contribution in [0, 0.1) is 0 Å². The average Bonchev–Trinajstić information content (AvgIpc) is 2.89. The molecule has 7 nitrogen and oxygen atoms in total. The zero-order valence-corrected chi connectivity index (χ0v) is 19.9. The van der Waals surface area contributed by atoms with Gasteiger partial charge < -0.3 is 14.2 Å². The van der Waals surface area contributed by atoms with E-state index in [1.54, 1.807) is 68.4 Å². The zero-order valence-electron chi connectivity index (χ0n) is 19.1. The number of carbonyl (C=O) groups excluding carboxylic acids is 1. The molecule has 174 valence electrons. The molecule has 1 heterocycles. The highest BCUT2D eigenvalue weighted by Crippen LogP contribution is 2.28. The van der Waals surface area contributed by atoms with Crippen molar-refractivity contribution in [2.45, 2.75) is 11.7 Å². The molecule has 0 saturated heterocycles. The molecule has 0 aliphatic heterocycles. The molecule has 0 unspecified atom stereocenters. The number of aromatic nitrogens is 2. The van der Waals surface area contributed by atoms with Gasteiger partial charge in [0.25, 0.3) is 5.56 Å². The Hall–Kier alpha value is -3.78. The number of carbonyl (C=O) groups is 1. The molecule has 8 heteroatoms. The van der Waals surface area contributed by atoms with Crippen LogP contribution in [0.3, 0.4) is 0 Å². The Balaban J connectivity index is 1.69. The smallest absolute Gasteiger partial charge is 0.262 e. The quantitative estimate of drug-likeness (QED) is 0.201. The summed E-state index contributed by atoms with van der Waals surface area (Å²) >= 11 is 1.23. The van der Waals surface area contributed by atoms with Crippen LogP contribution in [-0.2, 0) is 6.54 Å². The molecule has 0 N–H and O–H groups in total. The summed E-state index contributed by atoms with van der Waals surface area (Å²) in [5, 5.41) is 0.987. The van der Waals surface area contributed by atoms with Gasteiger partial charge in [0, 0.05) is 5.56 Å². The van der Waals surface area contributed by atoms with E-state index < -0.39 is 0 Å². The van der Waals surface area contributed by atoms with Crippen molar-refractivity contribution >= 4 is 28.4 Å². The van der Waals surface area contributed by atoms with Gasteiger partial charge in [0.1, 0.15) is 5.75 Å². The number of ether oxygens (including phenoxy) is 3. The van der Waals surface area contributed by atoms with Crippen LogP contribution in [0.5, 0.6) is 17.2 Å². The second-order valence-corrected chi connectivity index (χ2v) is 8.38. The largest absolute Gasteiger partial charge is 0.497 e. The number of fused-ring (bicyclic) bond motifs is 1. The summed E-state index contributed by atoms with van der Waals surface area (Å²) in [6.07, 6.45) is 0. The van der Waals surface area contributed by atoms with Gasteiger partial charge in [0.2, 0.25) is 0 Å². The van der Waals surface area contributed by atoms with E-state index in [0.717, 1.165) is 5.56 Å². The fraction of sp³-hybridized carbons (Fsp3) is 0.192. The lowest BCUT2D eigenvalue weighted by Crippen LogP contribution is -2.24. The number of methoxy groups -OCH3 is 3. The number of rotatable bonds is 9. The number of nitrogens with zero attached hydrogens (tertiary/aromatic N) is 2. The summed E-state index contributed by atoms with van der Waals surface area (Å²) in [7, 11) is 4.70. The first kappa shape index (κ1) is 23.4. The molecule has 0 spiro atoms. The zero-order chi connectivity index (χ0) is 24.1. The van der Waals surface area contributed by atoms with Gasteiger partial charge in [-0.15, -0.1) is 0 Å². The molecule has 0 bridgehead atoms. The molecular weight excluding hydrogens is 452 g/mol. The second kappa shape index (κ2) is 10.4. The van der Waals surface area contributed by atoms with E-state index in [4.69, 9.17) is 19.2 Å². The van der Waals surface area contributed by atoms with Crippen LogP contribution in [0.2, 0.25) is 0 Å². The van der Waals surface area contributed by atoms with Crippen molar-refractivity contribution in [1.82, 2.24) is 9.55 Å². The third-order valence-corrected chi connectivity index (χ3v) is 6.32. The van der Waals surface area contributed by atoms with Crippen molar-refractivity contribution < 1.29 is 19.0 Å². The van der Waals surface area contributed by atoms with Gasteiger partial charge in [-0.25, -0.2) is 4.98 Å². The van der Waals surface area contributed by atoms with Crippen molar-refractivity contribution in [3.05, 3.63) is 88.2 Å². The summed E-state index contributed by atoms with van der Waals surface area (Å²) in [4.78, 5) is 30.9. The maximum Gasteiger partial charge on any atom is 0.262 e. The van der Waals surface area contributed by atoms with E-state index >= 15 is 0 Å². The lowest BCUT2D eigenvalue weighted by molar-refractivity contribution is 0.102. The van der Waals surface area contributed by atoms with E-state index in [0.29, 0.717) is 38.9 Å². The van der Waals surface area contributed by atoms with Crippen LogP contribution in [0.25, 0.3) is 10.9 Å². The summed E-state index contributed by atoms with van der Waals surface area (Å²) in [5.74, 6) is 1.84. The van der Waals surface area contributed by atoms with E-state index in [1.165, 1.54) is 11.8 Å².